The topological polar surface area (TPSA) is 69.1 Å². The van der Waals surface area contributed by atoms with Crippen LogP contribution >= 0.6 is 11.8 Å². The van der Waals surface area contributed by atoms with Crippen molar-refractivity contribution < 1.29 is 0 Å². The minimum absolute atomic E-state index is 0.396. The molecule has 0 spiro atoms. The summed E-state index contributed by atoms with van der Waals surface area (Å²) in [7, 11) is 0. The molecule has 1 aliphatic carbocycles. The normalized spacial score (nSPS) is 20.3. The molecule has 0 aliphatic heterocycles. The van der Waals surface area contributed by atoms with Gasteiger partial charge in [0.05, 0.1) is 5.39 Å². The Bertz CT molecular complexity index is 992. The molecule has 1 fully saturated rings. The fraction of sp³-hybridized carbons (Fsp3) is 0.286. The van der Waals surface area contributed by atoms with Gasteiger partial charge in [-0.3, -0.25) is 0 Å². The first-order valence-electron chi connectivity index (χ1n) is 9.12. The summed E-state index contributed by atoms with van der Waals surface area (Å²) in [6.45, 7) is 3.73. The molecule has 6 heteroatoms. The zero-order chi connectivity index (χ0) is 18.8. The van der Waals surface area contributed by atoms with Gasteiger partial charge >= 0.3 is 0 Å². The number of nitrogen functional groups attached to an aromatic ring is 1. The Morgan fingerprint density at radius 1 is 1.30 bits per heavy atom. The quantitative estimate of drug-likeness (QED) is 0.525. The van der Waals surface area contributed by atoms with Crippen molar-refractivity contribution in [3.8, 4) is 0 Å². The lowest BCUT2D eigenvalue weighted by atomic mass is 9.98. The highest BCUT2D eigenvalue weighted by molar-refractivity contribution is 8.13. The standard InChI is InChI=1S/C21H23N5S/c1-3-23-21(27-2)17-12-26(20-18(17)19(22)24-13-25-20)16-10-9-15(11-16)14-7-5-4-6-8-14/h3-8,12-13,15-16H,1,9-11H2,2H3,(H2,22,24,25)/b23-21-. The van der Waals surface area contributed by atoms with Crippen LogP contribution in [-0.2, 0) is 0 Å². The number of nitrogens with zero attached hydrogens (tertiary/aromatic N) is 4. The smallest absolute Gasteiger partial charge is 0.146 e. The highest BCUT2D eigenvalue weighted by Gasteiger charge is 2.29. The summed E-state index contributed by atoms with van der Waals surface area (Å²) < 4.78 is 2.28. The van der Waals surface area contributed by atoms with Crippen LogP contribution in [0.4, 0.5) is 5.82 Å². The fourth-order valence-electron chi connectivity index (χ4n) is 4.10. The number of fused-ring (bicyclic) bond motifs is 1. The fourth-order valence-corrected chi connectivity index (χ4v) is 4.66. The number of aliphatic imine (C=N–C) groups is 1. The van der Waals surface area contributed by atoms with Gasteiger partial charge in [0.1, 0.15) is 22.8 Å². The van der Waals surface area contributed by atoms with E-state index in [9.17, 15) is 0 Å². The molecule has 1 saturated carbocycles. The SMILES string of the molecule is C=C/N=C(\SC)c1cn(C2CCC(c3ccccc3)C2)c2ncnc(N)c12. The second-order valence-electron chi connectivity index (χ2n) is 6.80. The van der Waals surface area contributed by atoms with E-state index < -0.39 is 0 Å². The molecule has 2 aromatic heterocycles. The lowest BCUT2D eigenvalue weighted by Crippen LogP contribution is -2.05. The number of benzene rings is 1. The van der Waals surface area contributed by atoms with Gasteiger partial charge in [-0.05, 0) is 37.0 Å². The molecule has 138 valence electrons. The average Bonchev–Trinajstić information content (AvgIpc) is 3.32. The monoisotopic (exact) mass is 377 g/mol. The molecule has 4 rings (SSSR count). The number of aromatic nitrogens is 3. The largest absolute Gasteiger partial charge is 0.383 e. The number of hydrogen-bond donors (Lipinski definition) is 1. The van der Waals surface area contributed by atoms with Gasteiger partial charge in [0.2, 0.25) is 0 Å². The van der Waals surface area contributed by atoms with Crippen LogP contribution in [0.5, 0.6) is 0 Å². The highest BCUT2D eigenvalue weighted by Crippen LogP contribution is 2.43. The van der Waals surface area contributed by atoms with Crippen molar-refractivity contribution in [1.82, 2.24) is 14.5 Å². The second kappa shape index (κ2) is 7.56. The van der Waals surface area contributed by atoms with E-state index in [2.05, 4.69) is 62.6 Å². The third-order valence-electron chi connectivity index (χ3n) is 5.34. The van der Waals surface area contributed by atoms with E-state index in [1.54, 1.807) is 24.3 Å². The van der Waals surface area contributed by atoms with Gasteiger partial charge in [-0.25, -0.2) is 15.0 Å². The van der Waals surface area contributed by atoms with Crippen LogP contribution in [0.1, 0.15) is 42.3 Å². The van der Waals surface area contributed by atoms with Crippen LogP contribution < -0.4 is 5.73 Å². The first-order valence-corrected chi connectivity index (χ1v) is 10.3. The minimum atomic E-state index is 0.396. The van der Waals surface area contributed by atoms with Gasteiger partial charge in [-0.1, -0.05) is 36.9 Å². The molecule has 1 aromatic carbocycles. The second-order valence-corrected chi connectivity index (χ2v) is 7.60. The number of thioether (sulfide) groups is 1. The van der Waals surface area contributed by atoms with Gasteiger partial charge in [0, 0.05) is 24.0 Å². The van der Waals surface area contributed by atoms with Crippen LogP contribution in [-0.4, -0.2) is 25.8 Å². The molecule has 2 heterocycles. The van der Waals surface area contributed by atoms with E-state index in [0.717, 1.165) is 34.5 Å². The Hall–Kier alpha value is -2.60. The summed E-state index contributed by atoms with van der Waals surface area (Å²) in [6.07, 6.45) is 10.7. The van der Waals surface area contributed by atoms with Gasteiger partial charge < -0.3 is 10.3 Å². The van der Waals surface area contributed by atoms with Crippen molar-refractivity contribution in [2.75, 3.05) is 12.0 Å². The third kappa shape index (κ3) is 3.25. The van der Waals surface area contributed by atoms with E-state index in [1.807, 2.05) is 6.26 Å². The first kappa shape index (κ1) is 17.8. The molecule has 0 bridgehead atoms. The molecule has 0 amide bonds. The summed E-state index contributed by atoms with van der Waals surface area (Å²) in [4.78, 5) is 13.2. The van der Waals surface area contributed by atoms with Crippen LogP contribution in [0.15, 0.2) is 60.6 Å². The molecule has 5 nitrogen and oxygen atoms in total. The van der Waals surface area contributed by atoms with E-state index in [-0.39, 0.29) is 0 Å². The van der Waals surface area contributed by atoms with Crippen LogP contribution in [0.2, 0.25) is 0 Å². The average molecular weight is 378 g/mol. The summed E-state index contributed by atoms with van der Waals surface area (Å²) in [6, 6.07) is 11.2. The van der Waals surface area contributed by atoms with E-state index in [1.165, 1.54) is 12.0 Å². The minimum Gasteiger partial charge on any atom is -0.383 e. The van der Waals surface area contributed by atoms with Crippen molar-refractivity contribution in [2.45, 2.75) is 31.2 Å². The molecular formula is C21H23N5S. The summed E-state index contributed by atoms with van der Waals surface area (Å²) in [5.74, 6) is 1.08. The zero-order valence-electron chi connectivity index (χ0n) is 15.4. The Morgan fingerprint density at radius 2 is 2.11 bits per heavy atom. The molecule has 1 aliphatic rings. The Labute approximate surface area is 163 Å². The molecule has 2 N–H and O–H groups in total. The molecule has 2 unspecified atom stereocenters. The first-order chi connectivity index (χ1) is 13.2. The van der Waals surface area contributed by atoms with Gasteiger partial charge in [-0.15, -0.1) is 11.8 Å². The molecule has 0 radical (unpaired) electrons. The third-order valence-corrected chi connectivity index (χ3v) is 6.05. The van der Waals surface area contributed by atoms with Crippen molar-refractivity contribution in [3.05, 3.63) is 66.8 Å². The maximum absolute atomic E-state index is 6.22. The van der Waals surface area contributed by atoms with Crippen LogP contribution in [0.3, 0.4) is 0 Å². The lowest BCUT2D eigenvalue weighted by Gasteiger charge is -2.14. The molecule has 27 heavy (non-hydrogen) atoms. The highest BCUT2D eigenvalue weighted by atomic mass is 32.2. The maximum Gasteiger partial charge on any atom is 0.146 e. The van der Waals surface area contributed by atoms with E-state index in [0.29, 0.717) is 17.8 Å². The summed E-state index contributed by atoms with van der Waals surface area (Å²) in [5.41, 5.74) is 9.52. The molecular weight excluding hydrogens is 354 g/mol. The number of nitrogens with two attached hydrogens (primary N) is 1. The van der Waals surface area contributed by atoms with Crippen LogP contribution in [0.25, 0.3) is 11.0 Å². The Balaban J connectivity index is 1.76. The van der Waals surface area contributed by atoms with Crippen molar-refractivity contribution in [1.29, 1.82) is 0 Å². The zero-order valence-corrected chi connectivity index (χ0v) is 16.2. The summed E-state index contributed by atoms with van der Waals surface area (Å²) >= 11 is 1.58. The Kier molecular flexibility index (Phi) is 4.99. The van der Waals surface area contributed by atoms with Crippen molar-refractivity contribution >= 4 is 33.7 Å². The summed E-state index contributed by atoms with van der Waals surface area (Å²) in [5, 5.41) is 1.77. The number of rotatable bonds is 4. The van der Waals surface area contributed by atoms with Crippen molar-refractivity contribution in [3.63, 3.8) is 0 Å². The van der Waals surface area contributed by atoms with E-state index in [4.69, 9.17) is 5.73 Å². The van der Waals surface area contributed by atoms with E-state index >= 15 is 0 Å². The molecule has 0 saturated heterocycles. The van der Waals surface area contributed by atoms with Crippen molar-refractivity contribution in [2.24, 2.45) is 4.99 Å². The maximum atomic E-state index is 6.22. The number of anilines is 1. The predicted molar refractivity (Wildman–Crippen MR) is 114 cm³/mol. The molecule has 2 atom stereocenters. The van der Waals surface area contributed by atoms with Gasteiger partial charge in [0.15, 0.2) is 0 Å². The van der Waals surface area contributed by atoms with Gasteiger partial charge in [0.25, 0.3) is 0 Å². The molecule has 3 aromatic rings. The number of hydrogen-bond acceptors (Lipinski definition) is 5. The lowest BCUT2D eigenvalue weighted by molar-refractivity contribution is 0.523. The Morgan fingerprint density at radius 3 is 2.85 bits per heavy atom. The predicted octanol–water partition coefficient (Wildman–Crippen LogP) is 4.78. The van der Waals surface area contributed by atoms with Gasteiger partial charge in [-0.2, -0.15) is 0 Å². The van der Waals surface area contributed by atoms with Crippen LogP contribution in [0, 0.1) is 0 Å².